The van der Waals surface area contributed by atoms with Crippen LogP contribution in [0.15, 0.2) is 5.38 Å². The van der Waals surface area contributed by atoms with Crippen LogP contribution in [-0.4, -0.2) is 23.5 Å². The van der Waals surface area contributed by atoms with Crippen molar-refractivity contribution in [3.05, 3.63) is 16.1 Å². The van der Waals surface area contributed by atoms with E-state index in [0.29, 0.717) is 6.54 Å². The highest BCUT2D eigenvalue weighted by molar-refractivity contribution is 7.09. The molecule has 0 fully saturated rings. The molecule has 1 unspecified atom stereocenters. The van der Waals surface area contributed by atoms with E-state index in [0.717, 1.165) is 17.1 Å². The molecular weight excluding hydrogens is 222 g/mol. The number of hydrogen-bond donors (Lipinski definition) is 2. The Balaban J connectivity index is 2.25. The average Bonchev–Trinajstić information content (AvgIpc) is 2.64. The van der Waals surface area contributed by atoms with Crippen molar-refractivity contribution in [2.45, 2.75) is 25.8 Å². The number of rotatable bonds is 5. The van der Waals surface area contributed by atoms with E-state index < -0.39 is 6.04 Å². The number of thiazole rings is 1. The smallest absolute Gasteiger partial charge is 0.237 e. The first-order chi connectivity index (χ1) is 7.63. The van der Waals surface area contributed by atoms with E-state index in [1.165, 1.54) is 0 Å². The molecule has 1 aromatic heterocycles. The van der Waals surface area contributed by atoms with Crippen molar-refractivity contribution in [2.75, 3.05) is 6.54 Å². The maximum atomic E-state index is 11.4. The molecule has 86 valence electrons. The van der Waals surface area contributed by atoms with Crippen molar-refractivity contribution in [3.63, 3.8) is 0 Å². The molecule has 0 bridgehead atoms. The maximum Gasteiger partial charge on any atom is 0.237 e. The second kappa shape index (κ2) is 6.26. The lowest BCUT2D eigenvalue weighted by Gasteiger charge is -2.08. The summed E-state index contributed by atoms with van der Waals surface area (Å²) in [4.78, 5) is 15.7. The molecule has 3 N–H and O–H groups in total. The first-order valence-corrected chi connectivity index (χ1v) is 5.89. The lowest BCUT2D eigenvalue weighted by Crippen LogP contribution is -2.41. The van der Waals surface area contributed by atoms with Gasteiger partial charge in [0.2, 0.25) is 5.91 Å². The normalized spacial score (nSPS) is 11.8. The fourth-order valence-corrected chi connectivity index (χ4v) is 1.83. The number of aryl methyl sites for hydroxylation is 1. The SMILES string of the molecule is C#CCC(N)C(=O)NCCc1csc(C)n1. The molecule has 0 aliphatic rings. The van der Waals surface area contributed by atoms with Crippen molar-refractivity contribution in [3.8, 4) is 12.3 Å². The van der Waals surface area contributed by atoms with Crippen LogP contribution in [0.5, 0.6) is 0 Å². The molecule has 0 aliphatic heterocycles. The molecule has 0 aromatic carbocycles. The number of nitrogens with two attached hydrogens (primary N) is 1. The molecule has 1 amide bonds. The van der Waals surface area contributed by atoms with Gasteiger partial charge in [0.25, 0.3) is 0 Å². The third-order valence-corrected chi connectivity index (χ3v) is 2.84. The van der Waals surface area contributed by atoms with Gasteiger partial charge in [-0.15, -0.1) is 23.7 Å². The summed E-state index contributed by atoms with van der Waals surface area (Å²) in [6, 6.07) is -0.609. The third-order valence-electron chi connectivity index (χ3n) is 2.02. The van der Waals surface area contributed by atoms with Crippen molar-refractivity contribution in [2.24, 2.45) is 5.73 Å². The Labute approximate surface area is 99.3 Å². The van der Waals surface area contributed by atoms with Gasteiger partial charge in [-0.3, -0.25) is 4.79 Å². The number of carbonyl (C=O) groups excluding carboxylic acids is 1. The van der Waals surface area contributed by atoms with Crippen LogP contribution in [-0.2, 0) is 11.2 Å². The van der Waals surface area contributed by atoms with Crippen molar-refractivity contribution >= 4 is 17.2 Å². The van der Waals surface area contributed by atoms with E-state index in [9.17, 15) is 4.79 Å². The van der Waals surface area contributed by atoms with Crippen LogP contribution in [0.1, 0.15) is 17.1 Å². The zero-order chi connectivity index (χ0) is 12.0. The molecule has 1 heterocycles. The monoisotopic (exact) mass is 237 g/mol. The van der Waals surface area contributed by atoms with Gasteiger partial charge in [0.1, 0.15) is 0 Å². The Morgan fingerprint density at radius 1 is 1.81 bits per heavy atom. The number of nitrogens with zero attached hydrogens (tertiary/aromatic N) is 1. The van der Waals surface area contributed by atoms with Crippen LogP contribution >= 0.6 is 11.3 Å². The minimum atomic E-state index is -0.609. The summed E-state index contributed by atoms with van der Waals surface area (Å²) in [6.45, 7) is 2.50. The number of nitrogens with one attached hydrogen (secondary N) is 1. The van der Waals surface area contributed by atoms with Gasteiger partial charge in [-0.05, 0) is 6.92 Å². The zero-order valence-corrected chi connectivity index (χ0v) is 10.0. The van der Waals surface area contributed by atoms with E-state index >= 15 is 0 Å². The number of carbonyl (C=O) groups is 1. The van der Waals surface area contributed by atoms with Crippen molar-refractivity contribution in [1.29, 1.82) is 0 Å². The largest absolute Gasteiger partial charge is 0.354 e. The Kier molecular flexibility index (Phi) is 4.96. The van der Waals surface area contributed by atoms with E-state index in [1.54, 1.807) is 11.3 Å². The first kappa shape index (κ1) is 12.7. The zero-order valence-electron chi connectivity index (χ0n) is 9.19. The number of aromatic nitrogens is 1. The van der Waals surface area contributed by atoms with E-state index in [2.05, 4.69) is 16.2 Å². The molecule has 1 aromatic rings. The van der Waals surface area contributed by atoms with Gasteiger partial charge in [0.05, 0.1) is 16.7 Å². The molecule has 0 aliphatic carbocycles. The molecule has 0 saturated carbocycles. The summed E-state index contributed by atoms with van der Waals surface area (Å²) in [6.07, 6.45) is 6.06. The highest BCUT2D eigenvalue weighted by atomic mass is 32.1. The topological polar surface area (TPSA) is 68.0 Å². The number of hydrogen-bond acceptors (Lipinski definition) is 4. The minimum absolute atomic E-state index is 0.204. The van der Waals surface area contributed by atoms with Crippen molar-refractivity contribution in [1.82, 2.24) is 10.3 Å². The van der Waals surface area contributed by atoms with Crippen LogP contribution < -0.4 is 11.1 Å². The number of amides is 1. The second-order valence-electron chi connectivity index (χ2n) is 3.41. The van der Waals surface area contributed by atoms with Crippen LogP contribution in [0.4, 0.5) is 0 Å². The molecule has 1 rings (SSSR count). The molecule has 0 saturated heterocycles. The highest BCUT2D eigenvalue weighted by Crippen LogP contribution is 2.07. The Morgan fingerprint density at radius 2 is 2.56 bits per heavy atom. The minimum Gasteiger partial charge on any atom is -0.354 e. The van der Waals surface area contributed by atoms with Gasteiger partial charge >= 0.3 is 0 Å². The van der Waals surface area contributed by atoms with Crippen molar-refractivity contribution < 1.29 is 4.79 Å². The Bertz CT molecular complexity index is 394. The molecule has 4 nitrogen and oxygen atoms in total. The fraction of sp³-hybridized carbons (Fsp3) is 0.455. The maximum absolute atomic E-state index is 11.4. The Hall–Kier alpha value is -1.38. The summed E-state index contributed by atoms with van der Waals surface area (Å²) in [5.74, 6) is 2.16. The summed E-state index contributed by atoms with van der Waals surface area (Å²) >= 11 is 1.60. The molecule has 0 spiro atoms. The van der Waals surface area contributed by atoms with Gasteiger partial charge in [-0.1, -0.05) is 0 Å². The van der Waals surface area contributed by atoms with Gasteiger partial charge in [-0.25, -0.2) is 4.98 Å². The highest BCUT2D eigenvalue weighted by Gasteiger charge is 2.10. The summed E-state index contributed by atoms with van der Waals surface area (Å²) in [5, 5.41) is 5.75. The summed E-state index contributed by atoms with van der Waals surface area (Å²) in [5.41, 5.74) is 6.54. The summed E-state index contributed by atoms with van der Waals surface area (Å²) < 4.78 is 0. The van der Waals surface area contributed by atoms with Crippen LogP contribution in [0.25, 0.3) is 0 Å². The van der Waals surface area contributed by atoms with Gasteiger partial charge in [-0.2, -0.15) is 0 Å². The second-order valence-corrected chi connectivity index (χ2v) is 4.48. The molecule has 0 radical (unpaired) electrons. The fourth-order valence-electron chi connectivity index (χ4n) is 1.19. The first-order valence-electron chi connectivity index (χ1n) is 5.01. The van der Waals surface area contributed by atoms with Crippen LogP contribution in [0.3, 0.4) is 0 Å². The molecule has 5 heteroatoms. The standard InChI is InChI=1S/C11H15N3OS/c1-3-4-10(12)11(15)13-6-5-9-7-16-8(2)14-9/h1,7,10H,4-6,12H2,2H3,(H,13,15). The lowest BCUT2D eigenvalue weighted by atomic mass is 10.2. The predicted octanol–water partition coefficient (Wildman–Crippen LogP) is 0.461. The lowest BCUT2D eigenvalue weighted by molar-refractivity contribution is -0.122. The van der Waals surface area contributed by atoms with Gasteiger partial charge in [0.15, 0.2) is 0 Å². The third kappa shape index (κ3) is 4.01. The molecule has 16 heavy (non-hydrogen) atoms. The summed E-state index contributed by atoms with van der Waals surface area (Å²) in [7, 11) is 0. The van der Waals surface area contributed by atoms with Crippen LogP contribution in [0.2, 0.25) is 0 Å². The van der Waals surface area contributed by atoms with Gasteiger partial charge in [0, 0.05) is 24.8 Å². The number of terminal acetylenes is 1. The molecular formula is C11H15N3OS. The van der Waals surface area contributed by atoms with Gasteiger partial charge < -0.3 is 11.1 Å². The average molecular weight is 237 g/mol. The van der Waals surface area contributed by atoms with E-state index in [4.69, 9.17) is 12.2 Å². The van der Waals surface area contributed by atoms with Crippen LogP contribution in [0, 0.1) is 19.3 Å². The Morgan fingerprint density at radius 3 is 3.12 bits per heavy atom. The quantitative estimate of drug-likeness (QED) is 0.731. The predicted molar refractivity (Wildman–Crippen MR) is 65.0 cm³/mol. The molecule has 1 atom stereocenters. The van der Waals surface area contributed by atoms with E-state index in [1.807, 2.05) is 12.3 Å². The van der Waals surface area contributed by atoms with E-state index in [-0.39, 0.29) is 12.3 Å².